The van der Waals surface area contributed by atoms with Crippen molar-refractivity contribution in [3.05, 3.63) is 30.0 Å². The van der Waals surface area contributed by atoms with Crippen LogP contribution in [0.3, 0.4) is 0 Å². The summed E-state index contributed by atoms with van der Waals surface area (Å²) in [6, 6.07) is 5.58. The van der Waals surface area contributed by atoms with E-state index in [1.807, 2.05) is 22.9 Å². The van der Waals surface area contributed by atoms with Crippen LogP contribution in [0.4, 0.5) is 0 Å². The van der Waals surface area contributed by atoms with Crippen LogP contribution in [-0.4, -0.2) is 16.8 Å². The minimum Gasteiger partial charge on any atom is -0.506 e. The predicted molar refractivity (Wildman–Crippen MR) is 60.0 cm³/mol. The van der Waals surface area contributed by atoms with Gasteiger partial charge in [0.1, 0.15) is 5.75 Å². The highest BCUT2D eigenvalue weighted by Gasteiger charge is 2.10. The summed E-state index contributed by atoms with van der Waals surface area (Å²) < 4.78 is 7.18. The van der Waals surface area contributed by atoms with Gasteiger partial charge in [-0.1, -0.05) is 12.1 Å². The number of ether oxygens (including phenoxy) is 1. The Kier molecular flexibility index (Phi) is 2.64. The Labute approximate surface area is 88.9 Å². The highest BCUT2D eigenvalue weighted by Crippen LogP contribution is 2.29. The molecule has 0 spiro atoms. The van der Waals surface area contributed by atoms with Crippen molar-refractivity contribution in [2.45, 2.75) is 20.1 Å². The van der Waals surface area contributed by atoms with Crippen LogP contribution < -0.4 is 0 Å². The highest BCUT2D eigenvalue weighted by atomic mass is 16.5. The van der Waals surface area contributed by atoms with E-state index in [0.29, 0.717) is 12.4 Å². The van der Waals surface area contributed by atoms with Gasteiger partial charge in [0.05, 0.1) is 12.1 Å². The van der Waals surface area contributed by atoms with Crippen LogP contribution >= 0.6 is 0 Å². The van der Waals surface area contributed by atoms with E-state index in [2.05, 4.69) is 6.92 Å². The molecule has 0 fully saturated rings. The van der Waals surface area contributed by atoms with Crippen molar-refractivity contribution in [2.75, 3.05) is 7.11 Å². The largest absolute Gasteiger partial charge is 0.506 e. The number of aromatic nitrogens is 1. The Morgan fingerprint density at radius 1 is 1.40 bits per heavy atom. The fourth-order valence-corrected chi connectivity index (χ4v) is 1.93. The fraction of sp³-hybridized carbons (Fsp3) is 0.333. The number of hydrogen-bond donors (Lipinski definition) is 1. The lowest BCUT2D eigenvalue weighted by molar-refractivity contribution is 0.186. The number of phenols is 1. The molecule has 0 unspecified atom stereocenters. The van der Waals surface area contributed by atoms with Crippen molar-refractivity contribution in [3.8, 4) is 5.75 Å². The summed E-state index contributed by atoms with van der Waals surface area (Å²) in [7, 11) is 1.68. The lowest BCUT2D eigenvalue weighted by Crippen LogP contribution is -1.90. The molecule has 0 aliphatic rings. The number of methoxy groups -OCH3 is 1. The van der Waals surface area contributed by atoms with E-state index in [4.69, 9.17) is 4.74 Å². The summed E-state index contributed by atoms with van der Waals surface area (Å²) in [6.07, 6.45) is 2.04. The zero-order valence-corrected chi connectivity index (χ0v) is 9.03. The predicted octanol–water partition coefficient (Wildman–Crippen LogP) is 2.51. The zero-order valence-electron chi connectivity index (χ0n) is 9.03. The van der Waals surface area contributed by atoms with Gasteiger partial charge in [-0.3, -0.25) is 0 Å². The van der Waals surface area contributed by atoms with Gasteiger partial charge >= 0.3 is 0 Å². The van der Waals surface area contributed by atoms with Crippen LogP contribution in [0.1, 0.15) is 12.5 Å². The first-order chi connectivity index (χ1) is 7.27. The number of rotatable bonds is 3. The Balaban J connectivity index is 2.69. The molecule has 0 aliphatic heterocycles. The van der Waals surface area contributed by atoms with E-state index in [1.165, 1.54) is 0 Å². The number of hydrogen-bond acceptors (Lipinski definition) is 2. The second-order valence-corrected chi connectivity index (χ2v) is 3.55. The van der Waals surface area contributed by atoms with E-state index in [1.54, 1.807) is 13.2 Å². The van der Waals surface area contributed by atoms with Crippen molar-refractivity contribution >= 4 is 10.9 Å². The average molecular weight is 205 g/mol. The topological polar surface area (TPSA) is 34.4 Å². The molecular formula is C12H15NO2. The molecule has 0 atom stereocenters. The first kappa shape index (κ1) is 10.1. The van der Waals surface area contributed by atoms with E-state index in [9.17, 15) is 5.11 Å². The van der Waals surface area contributed by atoms with Crippen molar-refractivity contribution < 1.29 is 9.84 Å². The molecule has 0 saturated heterocycles. The average Bonchev–Trinajstić information content (AvgIpc) is 2.59. The molecule has 80 valence electrons. The monoisotopic (exact) mass is 205 g/mol. The van der Waals surface area contributed by atoms with Gasteiger partial charge < -0.3 is 14.4 Å². The van der Waals surface area contributed by atoms with E-state index >= 15 is 0 Å². The normalized spacial score (nSPS) is 11.1. The van der Waals surface area contributed by atoms with Crippen LogP contribution in [-0.2, 0) is 17.9 Å². The third kappa shape index (κ3) is 1.59. The van der Waals surface area contributed by atoms with Crippen LogP contribution in [0.25, 0.3) is 10.9 Å². The Morgan fingerprint density at radius 3 is 2.87 bits per heavy atom. The van der Waals surface area contributed by atoms with Gasteiger partial charge in [-0.2, -0.15) is 0 Å². The Hall–Kier alpha value is -1.48. The second kappa shape index (κ2) is 3.95. The maximum Gasteiger partial charge on any atom is 0.139 e. The third-order valence-corrected chi connectivity index (χ3v) is 2.60. The number of aromatic hydroxyl groups is 1. The molecule has 0 aliphatic carbocycles. The minimum atomic E-state index is 0.330. The third-order valence-electron chi connectivity index (χ3n) is 2.60. The van der Waals surface area contributed by atoms with E-state index < -0.39 is 0 Å². The van der Waals surface area contributed by atoms with E-state index in [-0.39, 0.29) is 0 Å². The number of nitrogens with zero attached hydrogens (tertiary/aromatic N) is 1. The fourth-order valence-electron chi connectivity index (χ4n) is 1.93. The van der Waals surface area contributed by atoms with Crippen molar-refractivity contribution in [1.29, 1.82) is 0 Å². The minimum absolute atomic E-state index is 0.330. The van der Waals surface area contributed by atoms with Crippen LogP contribution in [0.15, 0.2) is 24.4 Å². The summed E-state index contributed by atoms with van der Waals surface area (Å²) in [6.45, 7) is 3.48. The summed E-state index contributed by atoms with van der Waals surface area (Å²) >= 11 is 0. The summed E-state index contributed by atoms with van der Waals surface area (Å²) in [5.74, 6) is 0.330. The molecule has 1 aromatic carbocycles. The molecule has 3 nitrogen and oxygen atoms in total. The molecule has 2 rings (SSSR count). The van der Waals surface area contributed by atoms with Crippen molar-refractivity contribution in [3.63, 3.8) is 0 Å². The quantitative estimate of drug-likeness (QED) is 0.835. The SMILES string of the molecule is CCn1cc(COC)c2cccc(O)c21. The standard InChI is InChI=1S/C12H15NO2/c1-3-13-7-9(8-15-2)10-5-4-6-11(14)12(10)13/h4-7,14H,3,8H2,1-2H3. The number of benzene rings is 1. The van der Waals surface area contributed by atoms with Gasteiger partial charge in [-0.25, -0.2) is 0 Å². The molecule has 1 aromatic heterocycles. The number of para-hydroxylation sites is 1. The maximum atomic E-state index is 9.80. The molecule has 15 heavy (non-hydrogen) atoms. The summed E-state index contributed by atoms with van der Waals surface area (Å²) in [5, 5.41) is 10.9. The molecule has 0 bridgehead atoms. The molecule has 0 amide bonds. The molecular weight excluding hydrogens is 190 g/mol. The van der Waals surface area contributed by atoms with Gasteiger partial charge in [0, 0.05) is 30.8 Å². The molecule has 3 heteroatoms. The van der Waals surface area contributed by atoms with Gasteiger partial charge in [0.25, 0.3) is 0 Å². The number of phenolic OH excluding ortho intramolecular Hbond substituents is 1. The Bertz CT molecular complexity index is 474. The van der Waals surface area contributed by atoms with Gasteiger partial charge in [0.15, 0.2) is 0 Å². The van der Waals surface area contributed by atoms with Gasteiger partial charge in [-0.05, 0) is 13.0 Å². The van der Waals surface area contributed by atoms with E-state index in [0.717, 1.165) is 23.0 Å². The first-order valence-electron chi connectivity index (χ1n) is 5.06. The number of aryl methyl sites for hydroxylation is 1. The molecule has 0 radical (unpaired) electrons. The van der Waals surface area contributed by atoms with Gasteiger partial charge in [0.2, 0.25) is 0 Å². The second-order valence-electron chi connectivity index (χ2n) is 3.55. The Morgan fingerprint density at radius 2 is 2.20 bits per heavy atom. The summed E-state index contributed by atoms with van der Waals surface area (Å²) in [5.41, 5.74) is 2.01. The molecule has 0 saturated carbocycles. The van der Waals surface area contributed by atoms with Crippen LogP contribution in [0.2, 0.25) is 0 Å². The van der Waals surface area contributed by atoms with Gasteiger partial charge in [-0.15, -0.1) is 0 Å². The zero-order chi connectivity index (χ0) is 10.8. The number of fused-ring (bicyclic) bond motifs is 1. The van der Waals surface area contributed by atoms with Crippen LogP contribution in [0.5, 0.6) is 5.75 Å². The molecule has 1 heterocycles. The first-order valence-corrected chi connectivity index (χ1v) is 5.06. The lowest BCUT2D eigenvalue weighted by Gasteiger charge is -2.01. The summed E-state index contributed by atoms with van der Waals surface area (Å²) in [4.78, 5) is 0. The highest BCUT2D eigenvalue weighted by molar-refractivity contribution is 5.88. The maximum absolute atomic E-state index is 9.80. The smallest absolute Gasteiger partial charge is 0.139 e. The van der Waals surface area contributed by atoms with Crippen molar-refractivity contribution in [1.82, 2.24) is 4.57 Å². The van der Waals surface area contributed by atoms with Crippen molar-refractivity contribution in [2.24, 2.45) is 0 Å². The lowest BCUT2D eigenvalue weighted by atomic mass is 10.2. The molecule has 1 N–H and O–H groups in total. The van der Waals surface area contributed by atoms with Crippen LogP contribution in [0, 0.1) is 0 Å². The molecule has 2 aromatic rings.